The maximum absolute atomic E-state index is 12.3. The van der Waals surface area contributed by atoms with E-state index in [0.29, 0.717) is 12.5 Å². The molecule has 0 spiro atoms. The predicted molar refractivity (Wildman–Crippen MR) is 64.9 cm³/mol. The third kappa shape index (κ3) is 2.61. The minimum atomic E-state index is -0.385. The van der Waals surface area contributed by atoms with Crippen molar-refractivity contribution >= 4 is 5.91 Å². The Balaban J connectivity index is 1.96. The Kier molecular flexibility index (Phi) is 4.01. The lowest BCUT2D eigenvalue weighted by atomic mass is 9.83. The van der Waals surface area contributed by atoms with Crippen molar-refractivity contribution in [2.24, 2.45) is 11.7 Å². The zero-order chi connectivity index (χ0) is 12.3. The molecule has 4 heteroatoms. The Morgan fingerprint density at radius 1 is 1.24 bits per heavy atom. The summed E-state index contributed by atoms with van der Waals surface area (Å²) in [5.41, 5.74) is 6.09. The van der Waals surface area contributed by atoms with Crippen molar-refractivity contribution in [2.75, 3.05) is 6.54 Å². The lowest BCUT2D eigenvalue weighted by Crippen LogP contribution is -2.49. The molecule has 0 bridgehead atoms. The fourth-order valence-corrected chi connectivity index (χ4v) is 3.05. The molecule has 0 radical (unpaired) electrons. The third-order valence-corrected chi connectivity index (χ3v) is 4.13. The summed E-state index contributed by atoms with van der Waals surface area (Å²) in [7, 11) is 0. The Hall–Kier alpha value is -1.08. The van der Waals surface area contributed by atoms with Gasteiger partial charge >= 0.3 is 0 Å². The highest BCUT2D eigenvalue weighted by molar-refractivity contribution is 5.82. The van der Waals surface area contributed by atoms with Crippen molar-refractivity contribution in [3.63, 3.8) is 0 Å². The molecule has 1 aliphatic heterocycles. The normalized spacial score (nSPS) is 27.8. The number of carbonyl (C=O) groups excluding carboxylic acids is 1. The second-order valence-electron chi connectivity index (χ2n) is 5.24. The number of likely N-dealkylation sites (tertiary alicyclic amines) is 1. The number of rotatable bonds is 2. The summed E-state index contributed by atoms with van der Waals surface area (Å²) in [4.78, 5) is 14.0. The number of carbonyl (C=O) groups is 1. The maximum atomic E-state index is 12.3. The van der Waals surface area contributed by atoms with E-state index in [1.54, 1.807) is 4.90 Å². The largest absolute Gasteiger partial charge is 0.325 e. The van der Waals surface area contributed by atoms with E-state index in [0.717, 1.165) is 25.7 Å². The van der Waals surface area contributed by atoms with E-state index in [-0.39, 0.29) is 18.0 Å². The summed E-state index contributed by atoms with van der Waals surface area (Å²) in [5, 5.41) is 8.99. The van der Waals surface area contributed by atoms with E-state index in [9.17, 15) is 4.79 Å². The van der Waals surface area contributed by atoms with E-state index in [1.807, 2.05) is 0 Å². The molecule has 94 valence electrons. The van der Waals surface area contributed by atoms with Gasteiger partial charge in [0, 0.05) is 6.54 Å². The summed E-state index contributed by atoms with van der Waals surface area (Å²) >= 11 is 0. The van der Waals surface area contributed by atoms with Crippen LogP contribution in [0.2, 0.25) is 0 Å². The van der Waals surface area contributed by atoms with E-state index < -0.39 is 0 Å². The molecule has 1 aliphatic carbocycles. The molecule has 4 nitrogen and oxygen atoms in total. The van der Waals surface area contributed by atoms with Gasteiger partial charge in [0.05, 0.1) is 12.1 Å². The smallest absolute Gasteiger partial charge is 0.240 e. The number of hydrogen-bond acceptors (Lipinski definition) is 3. The Morgan fingerprint density at radius 3 is 2.59 bits per heavy atom. The number of hydrogen-bond donors (Lipinski definition) is 1. The first-order valence-electron chi connectivity index (χ1n) is 6.69. The first-order valence-corrected chi connectivity index (χ1v) is 6.69. The number of nitrogens with zero attached hydrogens (tertiary/aromatic N) is 2. The molecule has 2 N–H and O–H groups in total. The number of nitriles is 1. The van der Waals surface area contributed by atoms with Gasteiger partial charge in [-0.2, -0.15) is 5.26 Å². The lowest BCUT2D eigenvalue weighted by Gasteiger charge is -2.30. The minimum Gasteiger partial charge on any atom is -0.325 e. The van der Waals surface area contributed by atoms with Crippen LogP contribution >= 0.6 is 0 Å². The van der Waals surface area contributed by atoms with Gasteiger partial charge in [-0.15, -0.1) is 0 Å². The summed E-state index contributed by atoms with van der Waals surface area (Å²) < 4.78 is 0. The van der Waals surface area contributed by atoms with Crippen LogP contribution in [0.5, 0.6) is 0 Å². The third-order valence-electron chi connectivity index (χ3n) is 4.13. The van der Waals surface area contributed by atoms with E-state index in [4.69, 9.17) is 11.0 Å². The zero-order valence-corrected chi connectivity index (χ0v) is 10.3. The van der Waals surface area contributed by atoms with Crippen molar-refractivity contribution in [1.82, 2.24) is 4.90 Å². The highest BCUT2D eigenvalue weighted by Gasteiger charge is 2.35. The van der Waals surface area contributed by atoms with Crippen LogP contribution in [-0.4, -0.2) is 29.4 Å². The molecule has 2 aliphatic rings. The van der Waals surface area contributed by atoms with Crippen LogP contribution in [0.1, 0.15) is 44.9 Å². The summed E-state index contributed by atoms with van der Waals surface area (Å²) in [6.07, 6.45) is 7.51. The predicted octanol–water partition coefficient (Wildman–Crippen LogP) is 1.41. The Bertz CT molecular complexity index is 317. The van der Waals surface area contributed by atoms with Crippen molar-refractivity contribution in [3.8, 4) is 6.07 Å². The van der Waals surface area contributed by atoms with Gasteiger partial charge in [0.25, 0.3) is 0 Å². The van der Waals surface area contributed by atoms with Gasteiger partial charge in [0.15, 0.2) is 0 Å². The topological polar surface area (TPSA) is 70.1 Å². The lowest BCUT2D eigenvalue weighted by molar-refractivity contribution is -0.134. The van der Waals surface area contributed by atoms with Gasteiger partial charge in [0.1, 0.15) is 6.04 Å². The molecule has 1 saturated heterocycles. The van der Waals surface area contributed by atoms with Crippen LogP contribution in [0.3, 0.4) is 0 Å². The molecular weight excluding hydrogens is 214 g/mol. The molecular formula is C13H21N3O. The molecule has 2 rings (SSSR count). The van der Waals surface area contributed by atoms with Gasteiger partial charge in [-0.3, -0.25) is 4.79 Å². The molecule has 1 heterocycles. The van der Waals surface area contributed by atoms with Gasteiger partial charge in [-0.1, -0.05) is 19.3 Å². The molecule has 1 saturated carbocycles. The van der Waals surface area contributed by atoms with Crippen molar-refractivity contribution < 1.29 is 4.79 Å². The highest BCUT2D eigenvalue weighted by atomic mass is 16.2. The monoisotopic (exact) mass is 235 g/mol. The van der Waals surface area contributed by atoms with E-state index in [1.165, 1.54) is 19.3 Å². The SMILES string of the molecule is N#C[C@@H]1CCCN1C(=O)C(N)C1CCCCC1. The van der Waals surface area contributed by atoms with Gasteiger partial charge in [-0.25, -0.2) is 0 Å². The Labute approximate surface area is 103 Å². The fourth-order valence-electron chi connectivity index (χ4n) is 3.05. The summed E-state index contributed by atoms with van der Waals surface area (Å²) in [5.74, 6) is 0.331. The standard InChI is InChI=1S/C13H21N3O/c14-9-11-7-4-8-16(11)13(17)12(15)10-5-2-1-3-6-10/h10-12H,1-8,15H2/t11-,12?/m0/s1. The molecule has 2 fully saturated rings. The van der Waals surface area contributed by atoms with Crippen molar-refractivity contribution in [1.29, 1.82) is 5.26 Å². The first kappa shape index (κ1) is 12.4. The molecule has 1 amide bonds. The van der Waals surface area contributed by atoms with Crippen LogP contribution in [0.25, 0.3) is 0 Å². The average Bonchev–Trinajstić information content (AvgIpc) is 2.86. The van der Waals surface area contributed by atoms with Crippen molar-refractivity contribution in [3.05, 3.63) is 0 Å². The fraction of sp³-hybridized carbons (Fsp3) is 0.846. The molecule has 0 aromatic heterocycles. The summed E-state index contributed by atoms with van der Waals surface area (Å²) in [6, 6.07) is 1.58. The highest BCUT2D eigenvalue weighted by Crippen LogP contribution is 2.27. The molecule has 0 aromatic rings. The summed E-state index contributed by atoms with van der Waals surface area (Å²) in [6.45, 7) is 0.706. The second-order valence-corrected chi connectivity index (χ2v) is 5.24. The van der Waals surface area contributed by atoms with E-state index >= 15 is 0 Å². The van der Waals surface area contributed by atoms with Crippen LogP contribution in [0.15, 0.2) is 0 Å². The van der Waals surface area contributed by atoms with Crippen LogP contribution in [0, 0.1) is 17.2 Å². The molecule has 17 heavy (non-hydrogen) atoms. The zero-order valence-electron chi connectivity index (χ0n) is 10.3. The maximum Gasteiger partial charge on any atom is 0.240 e. The van der Waals surface area contributed by atoms with Gasteiger partial charge < -0.3 is 10.6 Å². The second kappa shape index (κ2) is 5.50. The first-order chi connectivity index (χ1) is 8.24. The molecule has 1 unspecified atom stereocenters. The minimum absolute atomic E-state index is 0.000880. The van der Waals surface area contributed by atoms with Gasteiger partial charge in [-0.05, 0) is 31.6 Å². The molecule has 0 aromatic carbocycles. The van der Waals surface area contributed by atoms with Crippen LogP contribution in [0.4, 0.5) is 0 Å². The van der Waals surface area contributed by atoms with Crippen LogP contribution < -0.4 is 5.73 Å². The van der Waals surface area contributed by atoms with Gasteiger partial charge in [0.2, 0.25) is 5.91 Å². The Morgan fingerprint density at radius 2 is 1.94 bits per heavy atom. The number of nitrogens with two attached hydrogens (primary N) is 1. The average molecular weight is 235 g/mol. The van der Waals surface area contributed by atoms with Crippen LogP contribution in [-0.2, 0) is 4.79 Å². The van der Waals surface area contributed by atoms with E-state index in [2.05, 4.69) is 6.07 Å². The quantitative estimate of drug-likeness (QED) is 0.786. The number of amides is 1. The van der Waals surface area contributed by atoms with Crippen molar-refractivity contribution in [2.45, 2.75) is 57.0 Å². The molecule has 2 atom stereocenters.